The molecular weight excluding hydrogens is 483 g/mol. The number of allylic oxidation sites excluding steroid dienone is 1. The summed E-state index contributed by atoms with van der Waals surface area (Å²) >= 11 is 6.00. The Labute approximate surface area is 223 Å². The molecule has 0 radical (unpaired) electrons. The van der Waals surface area contributed by atoms with E-state index in [2.05, 4.69) is 48.7 Å². The first-order chi connectivity index (χ1) is 17.6. The Kier molecular flexibility index (Phi) is 6.50. The van der Waals surface area contributed by atoms with Gasteiger partial charge < -0.3 is 20.4 Å². The van der Waals surface area contributed by atoms with Crippen LogP contribution in [0.3, 0.4) is 0 Å². The van der Waals surface area contributed by atoms with E-state index in [9.17, 15) is 9.18 Å². The van der Waals surface area contributed by atoms with Crippen molar-refractivity contribution in [3.05, 3.63) is 95.4 Å². The Bertz CT molecular complexity index is 1380. The molecule has 0 aromatic heterocycles. The highest BCUT2D eigenvalue weighted by Gasteiger charge is 2.42. The molecule has 190 valence electrons. The number of hydrogen-bond donors (Lipinski definition) is 2. The van der Waals surface area contributed by atoms with E-state index in [1.54, 1.807) is 12.1 Å². The van der Waals surface area contributed by atoms with E-state index in [4.69, 9.17) is 12.2 Å². The SMILES string of the molecule is CN(C)c1ccc([C@H]2C3=C(CC(C)(C)CC3=O)Nc3ccccc3N2C(=S)Nc2ccc(F)cc2)cc1. The largest absolute Gasteiger partial charge is 0.378 e. The van der Waals surface area contributed by atoms with Crippen LogP contribution in [0.5, 0.6) is 0 Å². The fourth-order valence-electron chi connectivity index (χ4n) is 5.20. The van der Waals surface area contributed by atoms with Crippen molar-refractivity contribution in [1.29, 1.82) is 0 Å². The molecule has 0 bridgehead atoms. The molecule has 0 saturated carbocycles. The summed E-state index contributed by atoms with van der Waals surface area (Å²) in [5.41, 5.74) is 5.97. The molecule has 2 aliphatic rings. The maximum Gasteiger partial charge on any atom is 0.178 e. The minimum absolute atomic E-state index is 0.114. The summed E-state index contributed by atoms with van der Waals surface area (Å²) in [5.74, 6) is -0.201. The highest BCUT2D eigenvalue weighted by atomic mass is 32.1. The van der Waals surface area contributed by atoms with Gasteiger partial charge in [-0.2, -0.15) is 0 Å². The van der Waals surface area contributed by atoms with Crippen molar-refractivity contribution in [2.45, 2.75) is 32.7 Å². The lowest BCUT2D eigenvalue weighted by Crippen LogP contribution is -2.41. The average molecular weight is 515 g/mol. The van der Waals surface area contributed by atoms with Gasteiger partial charge in [-0.3, -0.25) is 4.79 Å². The van der Waals surface area contributed by atoms with Crippen LogP contribution in [0.1, 0.15) is 38.3 Å². The van der Waals surface area contributed by atoms with Crippen molar-refractivity contribution in [2.75, 3.05) is 34.5 Å². The van der Waals surface area contributed by atoms with E-state index in [0.29, 0.717) is 17.2 Å². The number of thiocarbonyl (C=S) groups is 1. The zero-order valence-electron chi connectivity index (χ0n) is 21.5. The van der Waals surface area contributed by atoms with E-state index in [1.165, 1.54) is 12.1 Å². The van der Waals surface area contributed by atoms with Crippen LogP contribution < -0.4 is 20.4 Å². The van der Waals surface area contributed by atoms with Gasteiger partial charge in [0.25, 0.3) is 0 Å². The van der Waals surface area contributed by atoms with Crippen molar-refractivity contribution < 1.29 is 9.18 Å². The number of carbonyl (C=O) groups excluding carboxylic acids is 1. The molecule has 2 N–H and O–H groups in total. The molecule has 7 heteroatoms. The van der Waals surface area contributed by atoms with Gasteiger partial charge in [0.05, 0.1) is 17.4 Å². The third-order valence-corrected chi connectivity index (χ3v) is 7.24. The highest BCUT2D eigenvalue weighted by molar-refractivity contribution is 7.80. The monoisotopic (exact) mass is 514 g/mol. The normalized spacial score (nSPS) is 18.4. The Hall–Kier alpha value is -3.71. The molecule has 3 aromatic carbocycles. The number of nitrogens with zero attached hydrogens (tertiary/aromatic N) is 2. The Morgan fingerprint density at radius 1 is 1.03 bits per heavy atom. The lowest BCUT2D eigenvalue weighted by Gasteiger charge is -2.38. The molecule has 0 unspecified atom stereocenters. The van der Waals surface area contributed by atoms with Crippen molar-refractivity contribution >= 4 is 45.9 Å². The number of Topliss-reactive ketones (excluding diaryl/α,β-unsaturated/α-hetero) is 1. The van der Waals surface area contributed by atoms with Crippen molar-refractivity contribution in [1.82, 2.24) is 0 Å². The summed E-state index contributed by atoms with van der Waals surface area (Å²) in [4.78, 5) is 17.9. The first kappa shape index (κ1) is 25.0. The van der Waals surface area contributed by atoms with Gasteiger partial charge in [-0.25, -0.2) is 4.39 Å². The third-order valence-electron chi connectivity index (χ3n) is 6.94. The first-order valence-electron chi connectivity index (χ1n) is 12.4. The zero-order chi connectivity index (χ0) is 26.3. The second-order valence-corrected chi connectivity index (χ2v) is 11.1. The van der Waals surface area contributed by atoms with Crippen molar-refractivity contribution in [3.63, 3.8) is 0 Å². The van der Waals surface area contributed by atoms with Crippen LogP contribution in [0.15, 0.2) is 84.1 Å². The van der Waals surface area contributed by atoms with Gasteiger partial charge >= 0.3 is 0 Å². The van der Waals surface area contributed by atoms with Gasteiger partial charge in [-0.15, -0.1) is 0 Å². The Morgan fingerprint density at radius 2 is 1.70 bits per heavy atom. The number of para-hydroxylation sites is 2. The molecule has 1 heterocycles. The average Bonchev–Trinajstić information content (AvgIpc) is 2.99. The summed E-state index contributed by atoms with van der Waals surface area (Å²) < 4.78 is 13.6. The van der Waals surface area contributed by atoms with E-state index >= 15 is 0 Å². The first-order valence-corrected chi connectivity index (χ1v) is 12.8. The molecule has 0 spiro atoms. The third kappa shape index (κ3) is 4.96. The number of nitrogens with one attached hydrogen (secondary N) is 2. The van der Waals surface area contributed by atoms with Crippen molar-refractivity contribution in [2.24, 2.45) is 5.41 Å². The molecule has 1 atom stereocenters. The smallest absolute Gasteiger partial charge is 0.178 e. The highest BCUT2D eigenvalue weighted by Crippen LogP contribution is 2.48. The van der Waals surface area contributed by atoms with E-state index in [1.807, 2.05) is 48.2 Å². The van der Waals surface area contributed by atoms with Crippen LogP contribution in [0.25, 0.3) is 0 Å². The number of benzene rings is 3. The van der Waals surface area contributed by atoms with Crippen LogP contribution in [0.2, 0.25) is 0 Å². The van der Waals surface area contributed by atoms with Crippen LogP contribution in [-0.2, 0) is 4.79 Å². The minimum atomic E-state index is -0.439. The van der Waals surface area contributed by atoms with Crippen LogP contribution in [0, 0.1) is 11.2 Å². The number of fused-ring (bicyclic) bond motifs is 1. The molecule has 37 heavy (non-hydrogen) atoms. The summed E-state index contributed by atoms with van der Waals surface area (Å²) in [5, 5.41) is 7.31. The molecule has 0 saturated heterocycles. The number of rotatable bonds is 3. The second-order valence-electron chi connectivity index (χ2n) is 10.7. The van der Waals surface area contributed by atoms with Crippen LogP contribution in [0.4, 0.5) is 27.1 Å². The van der Waals surface area contributed by atoms with Gasteiger partial charge in [-0.1, -0.05) is 38.1 Å². The zero-order valence-corrected chi connectivity index (χ0v) is 22.3. The molecule has 1 aliphatic carbocycles. The topological polar surface area (TPSA) is 47.6 Å². The van der Waals surface area contributed by atoms with E-state index in [-0.39, 0.29) is 17.0 Å². The summed E-state index contributed by atoms with van der Waals surface area (Å²) in [6.07, 6.45) is 1.21. The second kappa shape index (κ2) is 9.63. The van der Waals surface area contributed by atoms with Gasteiger partial charge in [0.2, 0.25) is 0 Å². The van der Waals surface area contributed by atoms with Gasteiger partial charge in [0, 0.05) is 43.2 Å². The number of ketones is 1. The lowest BCUT2D eigenvalue weighted by molar-refractivity contribution is -0.118. The number of hydrogen-bond acceptors (Lipinski definition) is 4. The molecule has 3 aromatic rings. The molecule has 1 aliphatic heterocycles. The minimum Gasteiger partial charge on any atom is -0.378 e. The lowest BCUT2D eigenvalue weighted by atomic mass is 9.73. The fourth-order valence-corrected chi connectivity index (χ4v) is 5.52. The molecule has 0 fully saturated rings. The number of anilines is 4. The maximum atomic E-state index is 13.8. The van der Waals surface area contributed by atoms with Crippen molar-refractivity contribution in [3.8, 4) is 0 Å². The number of carbonyl (C=O) groups is 1. The number of halogens is 1. The van der Waals surface area contributed by atoms with Gasteiger partial charge in [0.15, 0.2) is 10.9 Å². The predicted molar refractivity (Wildman–Crippen MR) is 154 cm³/mol. The maximum absolute atomic E-state index is 13.8. The van der Waals surface area contributed by atoms with Crippen LogP contribution in [-0.4, -0.2) is 25.0 Å². The summed E-state index contributed by atoms with van der Waals surface area (Å²) in [6, 6.07) is 21.9. The van der Waals surface area contributed by atoms with Gasteiger partial charge in [-0.05, 0) is 78.1 Å². The summed E-state index contributed by atoms with van der Waals surface area (Å²) in [6.45, 7) is 4.26. The fraction of sp³-hybridized carbons (Fsp3) is 0.267. The predicted octanol–water partition coefficient (Wildman–Crippen LogP) is 6.91. The van der Waals surface area contributed by atoms with E-state index < -0.39 is 6.04 Å². The summed E-state index contributed by atoms with van der Waals surface area (Å²) in [7, 11) is 4.00. The quantitative estimate of drug-likeness (QED) is 0.371. The molecular formula is C30H31FN4OS. The molecule has 5 rings (SSSR count). The standard InChI is InChI=1S/C30H31FN4OS/c1-30(2)17-24-27(26(36)18-30)28(19-9-15-22(16-10-19)34(3)4)35(25-8-6-5-7-23(25)33-24)29(37)32-21-13-11-20(31)12-14-21/h5-16,28,33H,17-18H2,1-4H3,(H,32,37)/t28-/m0/s1. The molecule has 0 amide bonds. The van der Waals surface area contributed by atoms with Crippen LogP contribution >= 0.6 is 12.2 Å². The Balaban J connectivity index is 1.70. The molecule has 5 nitrogen and oxygen atoms in total. The Morgan fingerprint density at radius 3 is 2.38 bits per heavy atom. The van der Waals surface area contributed by atoms with Gasteiger partial charge in [0.1, 0.15) is 5.82 Å². The van der Waals surface area contributed by atoms with E-state index in [0.717, 1.165) is 40.3 Å².